The van der Waals surface area contributed by atoms with Crippen molar-refractivity contribution in [2.75, 3.05) is 13.1 Å². The normalized spacial score (nSPS) is 23.0. The number of ether oxygens (including phenoxy) is 1. The summed E-state index contributed by atoms with van der Waals surface area (Å²) in [6.07, 6.45) is 12.0. The van der Waals surface area contributed by atoms with E-state index in [1.165, 1.54) is 4.90 Å². The van der Waals surface area contributed by atoms with Crippen molar-refractivity contribution >= 4 is 17.8 Å². The van der Waals surface area contributed by atoms with Gasteiger partial charge in [0.2, 0.25) is 5.91 Å². The Bertz CT molecular complexity index is 632. The van der Waals surface area contributed by atoms with Gasteiger partial charge < -0.3 is 20.5 Å². The number of likely N-dealkylation sites (tertiary alicyclic amines) is 1. The van der Waals surface area contributed by atoms with E-state index < -0.39 is 29.7 Å². The molecule has 0 spiro atoms. The molecule has 2 saturated heterocycles. The van der Waals surface area contributed by atoms with Crippen molar-refractivity contribution < 1.29 is 24.2 Å². The molecule has 8 heteroatoms. The Morgan fingerprint density at radius 1 is 1.15 bits per heavy atom. The molecule has 0 aromatic rings. The summed E-state index contributed by atoms with van der Waals surface area (Å²) in [6.45, 7) is 5.30. The van der Waals surface area contributed by atoms with E-state index in [1.54, 1.807) is 0 Å². The Kier molecular flexibility index (Phi) is 11.6. The number of esters is 1. The molecule has 4 N–H and O–H groups in total. The van der Waals surface area contributed by atoms with Crippen LogP contribution >= 0.6 is 0 Å². The predicted octanol–water partition coefficient (Wildman–Crippen LogP) is 3.36. The third-order valence-electron chi connectivity index (χ3n) is 7.12. The number of carboxylic acid groups (broad SMARTS) is 1. The zero-order valence-corrected chi connectivity index (χ0v) is 20.7. The summed E-state index contributed by atoms with van der Waals surface area (Å²) in [7, 11) is 0. The average molecular weight is 468 g/mol. The summed E-state index contributed by atoms with van der Waals surface area (Å²) >= 11 is 0. The highest BCUT2D eigenvalue weighted by atomic mass is 16.6. The lowest BCUT2D eigenvalue weighted by atomic mass is 9.86. The Morgan fingerprint density at radius 2 is 1.82 bits per heavy atom. The molecule has 0 aliphatic carbocycles. The Hall–Kier alpha value is -1.67. The summed E-state index contributed by atoms with van der Waals surface area (Å²) in [5.41, 5.74) is 5.19. The number of rotatable bonds is 16. The van der Waals surface area contributed by atoms with Gasteiger partial charge >= 0.3 is 11.9 Å². The lowest BCUT2D eigenvalue weighted by molar-refractivity contribution is -0.152. The maximum Gasteiger partial charge on any atom is 0.326 e. The van der Waals surface area contributed by atoms with Gasteiger partial charge in [0.25, 0.3) is 0 Å². The van der Waals surface area contributed by atoms with Crippen LogP contribution in [0.1, 0.15) is 104 Å². The van der Waals surface area contributed by atoms with Crippen LogP contribution in [0.25, 0.3) is 0 Å². The number of hydrogen-bond acceptors (Lipinski definition) is 6. The highest BCUT2D eigenvalue weighted by Gasteiger charge is 2.47. The first kappa shape index (κ1) is 27.6. The van der Waals surface area contributed by atoms with Crippen molar-refractivity contribution in [3.63, 3.8) is 0 Å². The van der Waals surface area contributed by atoms with Crippen LogP contribution in [0.15, 0.2) is 0 Å². The number of nitrogens with zero attached hydrogens (tertiary/aromatic N) is 1. The van der Waals surface area contributed by atoms with Crippen molar-refractivity contribution in [1.29, 1.82) is 0 Å². The second-order valence-electron chi connectivity index (χ2n) is 9.81. The number of amides is 1. The number of cyclic esters (lactones) is 1. The molecule has 2 aliphatic rings. The van der Waals surface area contributed by atoms with Gasteiger partial charge in [0.15, 0.2) is 0 Å². The summed E-state index contributed by atoms with van der Waals surface area (Å²) in [4.78, 5) is 39.4. The lowest BCUT2D eigenvalue weighted by Gasteiger charge is -2.29. The second-order valence-corrected chi connectivity index (χ2v) is 9.81. The van der Waals surface area contributed by atoms with Crippen LogP contribution in [0.3, 0.4) is 0 Å². The molecule has 8 nitrogen and oxygen atoms in total. The number of nitrogens with one attached hydrogen (secondary N) is 1. The van der Waals surface area contributed by atoms with Crippen LogP contribution in [0.2, 0.25) is 0 Å². The number of nitrogens with two attached hydrogens (primary N) is 1. The molecule has 1 amide bonds. The fourth-order valence-electron chi connectivity index (χ4n) is 5.24. The van der Waals surface area contributed by atoms with Crippen molar-refractivity contribution in [3.8, 4) is 0 Å². The van der Waals surface area contributed by atoms with Gasteiger partial charge in [0.05, 0.1) is 6.04 Å². The topological polar surface area (TPSA) is 122 Å². The molecule has 0 radical (unpaired) electrons. The maximum atomic E-state index is 13.3. The van der Waals surface area contributed by atoms with Gasteiger partial charge in [0.1, 0.15) is 17.7 Å². The molecule has 2 rings (SSSR count). The Morgan fingerprint density at radius 3 is 2.39 bits per heavy atom. The van der Waals surface area contributed by atoms with Crippen LogP contribution in [-0.2, 0) is 19.1 Å². The van der Waals surface area contributed by atoms with E-state index in [0.29, 0.717) is 38.8 Å². The number of carboxylic acids is 1. The van der Waals surface area contributed by atoms with Gasteiger partial charge in [-0.05, 0) is 57.9 Å². The van der Waals surface area contributed by atoms with Crippen molar-refractivity contribution in [2.45, 2.75) is 127 Å². The van der Waals surface area contributed by atoms with Gasteiger partial charge in [-0.2, -0.15) is 0 Å². The van der Waals surface area contributed by atoms with Crippen LogP contribution < -0.4 is 11.1 Å². The van der Waals surface area contributed by atoms with Crippen molar-refractivity contribution in [1.82, 2.24) is 10.2 Å². The summed E-state index contributed by atoms with van der Waals surface area (Å²) in [6, 6.07) is -1.92. The maximum absolute atomic E-state index is 13.3. The van der Waals surface area contributed by atoms with Crippen LogP contribution in [0, 0.1) is 0 Å². The average Bonchev–Trinajstić information content (AvgIpc) is 3.39. The van der Waals surface area contributed by atoms with E-state index in [-0.39, 0.29) is 11.9 Å². The highest BCUT2D eigenvalue weighted by Crippen LogP contribution is 2.37. The standard InChI is InChI=1S/C25H45N3O5/c1-3-5-8-14-25(15-9-6-4-2)18-20(24(32)33-25)27-19(12-7-10-16-26)22(29)28-17-11-13-21(28)23(30)31/h19-21,27H,3-18,26H2,1-2H3,(H,30,31)/t19-,20-,21-/m0/s1. The van der Waals surface area contributed by atoms with E-state index in [9.17, 15) is 19.5 Å². The summed E-state index contributed by atoms with van der Waals surface area (Å²) in [5.74, 6) is -1.47. The van der Waals surface area contributed by atoms with Gasteiger partial charge in [-0.3, -0.25) is 14.9 Å². The molecule has 190 valence electrons. The number of carbonyl (C=O) groups is 3. The molecule has 2 heterocycles. The molecule has 0 saturated carbocycles. The Balaban J connectivity index is 2.12. The van der Waals surface area contributed by atoms with Crippen LogP contribution in [0.4, 0.5) is 0 Å². The number of unbranched alkanes of at least 4 members (excludes halogenated alkanes) is 5. The molecule has 0 aromatic carbocycles. The summed E-state index contributed by atoms with van der Waals surface area (Å²) < 4.78 is 6.01. The lowest BCUT2D eigenvalue weighted by Crippen LogP contribution is -2.53. The van der Waals surface area contributed by atoms with Gasteiger partial charge in [-0.25, -0.2) is 4.79 Å². The van der Waals surface area contributed by atoms with E-state index in [2.05, 4.69) is 19.2 Å². The summed E-state index contributed by atoms with van der Waals surface area (Å²) in [5, 5.41) is 12.8. The number of carbonyl (C=O) groups excluding carboxylic acids is 2. The van der Waals surface area contributed by atoms with E-state index in [4.69, 9.17) is 10.5 Å². The molecular formula is C25H45N3O5. The first-order valence-corrected chi connectivity index (χ1v) is 13.1. The number of aliphatic carboxylic acids is 1. The minimum atomic E-state index is -0.965. The monoisotopic (exact) mass is 467 g/mol. The third-order valence-corrected chi connectivity index (χ3v) is 7.12. The van der Waals surface area contributed by atoms with Gasteiger partial charge in [0, 0.05) is 13.0 Å². The SMILES string of the molecule is CCCCCC1(CCCCC)C[C@H](N[C@@H](CCCCN)C(=O)N2CCC[C@H]2C(=O)O)C(=O)O1. The van der Waals surface area contributed by atoms with E-state index >= 15 is 0 Å². The van der Waals surface area contributed by atoms with Gasteiger partial charge in [-0.1, -0.05) is 46.0 Å². The quantitative estimate of drug-likeness (QED) is 0.235. The molecule has 2 aliphatic heterocycles. The zero-order valence-electron chi connectivity index (χ0n) is 20.7. The molecule has 33 heavy (non-hydrogen) atoms. The minimum absolute atomic E-state index is 0.223. The van der Waals surface area contributed by atoms with Crippen LogP contribution in [0.5, 0.6) is 0 Å². The second kappa shape index (κ2) is 13.9. The first-order chi connectivity index (χ1) is 15.9. The minimum Gasteiger partial charge on any atom is -0.480 e. The largest absolute Gasteiger partial charge is 0.480 e. The smallest absolute Gasteiger partial charge is 0.326 e. The Labute approximate surface area is 199 Å². The number of hydrogen-bond donors (Lipinski definition) is 3. The molecule has 2 fully saturated rings. The van der Waals surface area contributed by atoms with Crippen molar-refractivity contribution in [2.24, 2.45) is 5.73 Å². The molecule has 0 bridgehead atoms. The third kappa shape index (κ3) is 7.95. The fraction of sp³-hybridized carbons (Fsp3) is 0.880. The fourth-order valence-corrected chi connectivity index (χ4v) is 5.24. The highest BCUT2D eigenvalue weighted by molar-refractivity contribution is 5.88. The van der Waals surface area contributed by atoms with E-state index in [0.717, 1.165) is 64.2 Å². The van der Waals surface area contributed by atoms with Gasteiger partial charge in [-0.15, -0.1) is 0 Å². The van der Waals surface area contributed by atoms with Crippen molar-refractivity contribution in [3.05, 3.63) is 0 Å². The molecule has 3 atom stereocenters. The molecule has 0 aromatic heterocycles. The predicted molar refractivity (Wildman–Crippen MR) is 128 cm³/mol. The zero-order chi connectivity index (χ0) is 24.3. The first-order valence-electron chi connectivity index (χ1n) is 13.1. The van der Waals surface area contributed by atoms with Crippen LogP contribution in [-0.4, -0.2) is 64.7 Å². The molecular weight excluding hydrogens is 422 g/mol. The van der Waals surface area contributed by atoms with E-state index in [1.807, 2.05) is 0 Å². The molecule has 0 unspecified atom stereocenters.